The summed E-state index contributed by atoms with van der Waals surface area (Å²) in [6, 6.07) is 5.73. The second-order valence-corrected chi connectivity index (χ2v) is 11.5. The summed E-state index contributed by atoms with van der Waals surface area (Å²) < 4.78 is 48.3. The molecule has 2 fully saturated rings. The molecule has 0 saturated carbocycles. The van der Waals surface area contributed by atoms with Gasteiger partial charge in [0.1, 0.15) is 37.6 Å². The van der Waals surface area contributed by atoms with Gasteiger partial charge in [-0.1, -0.05) is 0 Å². The number of ether oxygens (including phenoxy) is 9. The summed E-state index contributed by atoms with van der Waals surface area (Å²) in [7, 11) is 5.33. The van der Waals surface area contributed by atoms with Crippen molar-refractivity contribution < 1.29 is 88.0 Å². The van der Waals surface area contributed by atoms with Crippen molar-refractivity contribution >= 4 is 24.1 Å². The minimum Gasteiger partial charge on any atom is -0.502 e. The number of carbonyl (C=O) groups excluding carboxylic acids is 2. The average Bonchev–Trinajstić information content (AvgIpc) is 3.50. The van der Waals surface area contributed by atoms with E-state index in [4.69, 9.17) is 42.6 Å². The van der Waals surface area contributed by atoms with Gasteiger partial charge in [0.05, 0.1) is 41.2 Å². The van der Waals surface area contributed by atoms with E-state index in [1.165, 1.54) is 64.9 Å². The molecule has 0 aromatic heterocycles. The Hall–Kier alpha value is -4.66. The summed E-state index contributed by atoms with van der Waals surface area (Å²) >= 11 is 0. The molecule has 52 heavy (non-hydrogen) atoms. The highest BCUT2D eigenvalue weighted by atomic mass is 16.8. The summed E-state index contributed by atoms with van der Waals surface area (Å²) in [6.45, 7) is -2.20. The van der Waals surface area contributed by atoms with Crippen LogP contribution in [0.5, 0.6) is 34.5 Å². The molecule has 2 saturated heterocycles. The van der Waals surface area contributed by atoms with Crippen molar-refractivity contribution in [3.05, 3.63) is 47.5 Å². The third kappa shape index (κ3) is 9.03. The van der Waals surface area contributed by atoms with Crippen LogP contribution in [-0.2, 0) is 33.3 Å². The Labute approximate surface area is 297 Å². The number of hydrogen-bond acceptors (Lipinski definition) is 18. The van der Waals surface area contributed by atoms with Crippen LogP contribution in [-0.4, -0.2) is 145 Å². The monoisotopic (exact) mass is 738 g/mol. The van der Waals surface area contributed by atoms with Gasteiger partial charge in [-0.3, -0.25) is 0 Å². The quantitative estimate of drug-likeness (QED) is 0.0906. The Morgan fingerprint density at radius 3 is 1.75 bits per heavy atom. The predicted molar refractivity (Wildman–Crippen MR) is 175 cm³/mol. The van der Waals surface area contributed by atoms with Crippen LogP contribution in [0.1, 0.15) is 17.5 Å². The largest absolute Gasteiger partial charge is 0.502 e. The average molecular weight is 739 g/mol. The maximum Gasteiger partial charge on any atom is 0.331 e. The van der Waals surface area contributed by atoms with Gasteiger partial charge in [-0.15, -0.1) is 0 Å². The molecule has 286 valence electrons. The zero-order chi connectivity index (χ0) is 38.2. The number of aliphatic hydroxyl groups is 5. The van der Waals surface area contributed by atoms with E-state index in [2.05, 4.69) is 0 Å². The third-order valence-electron chi connectivity index (χ3n) is 8.22. The van der Waals surface area contributed by atoms with E-state index in [0.29, 0.717) is 11.1 Å². The summed E-state index contributed by atoms with van der Waals surface area (Å²) in [4.78, 5) is 25.4. The van der Waals surface area contributed by atoms with Gasteiger partial charge in [-0.25, -0.2) is 9.59 Å². The fraction of sp³-hybridized carbons (Fsp3) is 0.471. The van der Waals surface area contributed by atoms with Gasteiger partial charge in [0, 0.05) is 18.6 Å². The molecule has 0 unspecified atom stereocenters. The number of aliphatic hydroxyl groups excluding tert-OH is 5. The van der Waals surface area contributed by atoms with Crippen LogP contribution in [0.4, 0.5) is 0 Å². The van der Waals surface area contributed by atoms with E-state index < -0.39 is 80.5 Å². The van der Waals surface area contributed by atoms with E-state index in [9.17, 15) is 45.3 Å². The minimum absolute atomic E-state index is 0.0779. The summed E-state index contributed by atoms with van der Waals surface area (Å²) in [5.41, 5.74) is 0.793. The van der Waals surface area contributed by atoms with Crippen molar-refractivity contribution in [1.29, 1.82) is 0 Å². The van der Waals surface area contributed by atoms with E-state index in [0.717, 1.165) is 12.2 Å². The second-order valence-electron chi connectivity index (χ2n) is 11.5. The first-order chi connectivity index (χ1) is 24.8. The number of carbonyl (C=O) groups is 2. The van der Waals surface area contributed by atoms with Crippen molar-refractivity contribution in [2.75, 3.05) is 48.3 Å². The Balaban J connectivity index is 1.45. The summed E-state index contributed by atoms with van der Waals surface area (Å²) in [5, 5.41) is 72.4. The first kappa shape index (κ1) is 40.1. The highest BCUT2D eigenvalue weighted by Gasteiger charge is 2.56. The number of rotatable bonds is 15. The Kier molecular flexibility index (Phi) is 13.7. The fourth-order valence-electron chi connectivity index (χ4n) is 5.44. The van der Waals surface area contributed by atoms with Gasteiger partial charge in [0.25, 0.3) is 0 Å². The van der Waals surface area contributed by atoms with Crippen LogP contribution in [0, 0.1) is 0 Å². The Morgan fingerprint density at radius 2 is 1.29 bits per heavy atom. The normalized spacial score (nSPS) is 27.4. The molecule has 2 heterocycles. The molecule has 2 aliphatic heterocycles. The molecule has 8 atom stereocenters. The molecule has 2 aromatic carbocycles. The highest BCUT2D eigenvalue weighted by molar-refractivity contribution is 5.88. The number of esters is 2. The molecule has 0 bridgehead atoms. The molecule has 0 amide bonds. The summed E-state index contributed by atoms with van der Waals surface area (Å²) in [5.74, 6) is -4.23. The molecule has 2 aromatic rings. The molecule has 18 nitrogen and oxygen atoms in total. The number of benzene rings is 2. The van der Waals surface area contributed by atoms with E-state index >= 15 is 0 Å². The molecular formula is C34H42O18. The Bertz CT molecular complexity index is 1560. The molecule has 0 aliphatic carbocycles. The number of hydrogen-bond donors (Lipinski definition) is 7. The van der Waals surface area contributed by atoms with Crippen molar-refractivity contribution in [1.82, 2.24) is 0 Å². The van der Waals surface area contributed by atoms with Crippen molar-refractivity contribution in [2.24, 2.45) is 0 Å². The van der Waals surface area contributed by atoms with Gasteiger partial charge < -0.3 is 78.4 Å². The first-order valence-electron chi connectivity index (χ1n) is 15.7. The SMILES string of the molecule is COc1cc(/C=C/C(=O)OC[C@H]2O[C@@H](O[C@]3(CO)O[C@@H](CO)C[C@H]3OC(=O)/C=C/c3cc(OC)c(O)c(OC)c3)[C@H](O)[C@@H](O)[C@@H]2O)cc(OC)c1O. The zero-order valence-corrected chi connectivity index (χ0v) is 28.6. The zero-order valence-electron chi connectivity index (χ0n) is 28.6. The van der Waals surface area contributed by atoms with Crippen LogP contribution in [0.3, 0.4) is 0 Å². The number of methoxy groups -OCH3 is 4. The maximum absolute atomic E-state index is 12.9. The molecule has 18 heteroatoms. The van der Waals surface area contributed by atoms with Gasteiger partial charge >= 0.3 is 11.9 Å². The predicted octanol–water partition coefficient (Wildman–Crippen LogP) is -0.392. The lowest BCUT2D eigenvalue weighted by Crippen LogP contribution is -2.62. The lowest BCUT2D eigenvalue weighted by atomic mass is 9.99. The number of phenols is 2. The Morgan fingerprint density at radius 1 is 0.788 bits per heavy atom. The number of phenolic OH excluding ortho intramolecular Hbond substituents is 2. The van der Waals surface area contributed by atoms with Crippen LogP contribution in [0.15, 0.2) is 36.4 Å². The van der Waals surface area contributed by atoms with Crippen LogP contribution >= 0.6 is 0 Å². The minimum atomic E-state index is -2.23. The van der Waals surface area contributed by atoms with Crippen molar-refractivity contribution in [2.45, 2.75) is 55.1 Å². The lowest BCUT2D eigenvalue weighted by molar-refractivity contribution is -0.383. The van der Waals surface area contributed by atoms with E-state index in [1.54, 1.807) is 0 Å². The molecule has 0 radical (unpaired) electrons. The smallest absolute Gasteiger partial charge is 0.331 e. The van der Waals surface area contributed by atoms with Crippen molar-refractivity contribution in [3.8, 4) is 34.5 Å². The van der Waals surface area contributed by atoms with Crippen LogP contribution in [0.25, 0.3) is 12.2 Å². The first-order valence-corrected chi connectivity index (χ1v) is 15.7. The highest BCUT2D eigenvalue weighted by Crippen LogP contribution is 2.40. The van der Waals surface area contributed by atoms with Crippen LogP contribution in [0.2, 0.25) is 0 Å². The van der Waals surface area contributed by atoms with Gasteiger partial charge in [0.2, 0.25) is 17.3 Å². The fourth-order valence-corrected chi connectivity index (χ4v) is 5.44. The maximum atomic E-state index is 12.9. The molecule has 2 aliphatic rings. The number of aromatic hydroxyl groups is 2. The second kappa shape index (κ2) is 17.7. The van der Waals surface area contributed by atoms with Crippen molar-refractivity contribution in [3.63, 3.8) is 0 Å². The van der Waals surface area contributed by atoms with E-state index in [-0.39, 0.29) is 40.9 Å². The molecule has 4 rings (SSSR count). The van der Waals surface area contributed by atoms with Crippen LogP contribution < -0.4 is 18.9 Å². The standard InChI is InChI=1S/C34H42O18/c1-44-20-9-17(10-21(45-2)28(20)39)5-7-26(37)48-15-24-30(41)31(42)32(43)33(49-24)52-34(16-36)25(13-19(14-35)51-34)50-27(38)8-6-18-11-22(46-3)29(40)23(12-18)47-4/h5-12,19,24-25,30-33,35-36,39-43H,13-16H2,1-4H3/b7-5+,8-6+/t19-,24-,25-,30-,31+,32-,33+,34+/m1/s1. The molecule has 0 spiro atoms. The van der Waals surface area contributed by atoms with Gasteiger partial charge in [-0.2, -0.15) is 0 Å². The lowest BCUT2D eigenvalue weighted by Gasteiger charge is -2.43. The molecule has 7 N–H and O–H groups in total. The van der Waals surface area contributed by atoms with E-state index in [1.807, 2.05) is 0 Å². The van der Waals surface area contributed by atoms with Gasteiger partial charge in [0.15, 0.2) is 35.4 Å². The molecular weight excluding hydrogens is 696 g/mol. The topological polar surface area (TPSA) is 259 Å². The summed E-state index contributed by atoms with van der Waals surface area (Å²) in [6.07, 6.45) is -6.75. The van der Waals surface area contributed by atoms with Gasteiger partial charge in [-0.05, 0) is 47.5 Å². The third-order valence-corrected chi connectivity index (χ3v) is 8.22.